The van der Waals surface area contributed by atoms with Crippen LogP contribution in [-0.2, 0) is 4.79 Å². The zero-order chi connectivity index (χ0) is 22.8. The van der Waals surface area contributed by atoms with Crippen LogP contribution < -0.4 is 10.6 Å². The molecule has 0 radical (unpaired) electrons. The second-order valence-electron chi connectivity index (χ2n) is 8.63. The van der Waals surface area contributed by atoms with Crippen LogP contribution in [-0.4, -0.2) is 49.9 Å². The molecular weight excluding hydrogens is 461 g/mol. The number of hydrogen-bond acceptors (Lipinski definition) is 7. The Labute approximate surface area is 202 Å². The van der Waals surface area contributed by atoms with Gasteiger partial charge in [-0.15, -0.1) is 0 Å². The highest BCUT2D eigenvalue weighted by Crippen LogP contribution is 2.30. The number of nitrogens with zero attached hydrogens (tertiary/aromatic N) is 5. The molecule has 1 aliphatic heterocycles. The average Bonchev–Trinajstić information content (AvgIpc) is 3.37. The molecule has 0 unspecified atom stereocenters. The summed E-state index contributed by atoms with van der Waals surface area (Å²) in [7, 11) is 0. The van der Waals surface area contributed by atoms with Crippen molar-refractivity contribution < 1.29 is 4.79 Å². The van der Waals surface area contributed by atoms with E-state index in [1.165, 1.54) is 6.33 Å². The van der Waals surface area contributed by atoms with Gasteiger partial charge in [0.2, 0.25) is 11.9 Å². The van der Waals surface area contributed by atoms with E-state index in [9.17, 15) is 4.79 Å². The minimum atomic E-state index is 0.147. The first-order chi connectivity index (χ1) is 16.1. The fourth-order valence-electron chi connectivity index (χ4n) is 4.59. The van der Waals surface area contributed by atoms with E-state index >= 15 is 0 Å². The molecule has 2 N–H and O–H groups in total. The van der Waals surface area contributed by atoms with Crippen molar-refractivity contribution in [1.82, 2.24) is 24.8 Å². The molecule has 2 aliphatic rings. The summed E-state index contributed by atoms with van der Waals surface area (Å²) in [5.41, 5.74) is 2.00. The lowest BCUT2D eigenvalue weighted by atomic mass is 9.85. The number of amides is 1. The Hall–Kier alpha value is -2.71. The Balaban J connectivity index is 1.27. The number of aromatic nitrogens is 4. The van der Waals surface area contributed by atoms with Crippen molar-refractivity contribution in [2.24, 2.45) is 5.92 Å². The van der Waals surface area contributed by atoms with Crippen molar-refractivity contribution in [3.8, 4) is 0 Å². The van der Waals surface area contributed by atoms with Gasteiger partial charge in [-0.2, -0.15) is 0 Å². The lowest BCUT2D eigenvalue weighted by molar-refractivity contribution is -0.135. The number of anilines is 3. The SMILES string of the molecule is O=C(C1CCC(Nc2ncc3ncnc(Nc4ccc(Cl)c(Cl)c4)c3n2)CC1)N1CCCC1. The van der Waals surface area contributed by atoms with E-state index in [1.54, 1.807) is 18.3 Å². The molecule has 0 atom stereocenters. The molecule has 3 heterocycles. The number of fused-ring (bicyclic) bond motifs is 1. The number of rotatable bonds is 5. The molecule has 0 bridgehead atoms. The number of carbonyl (C=O) groups is 1. The van der Waals surface area contributed by atoms with E-state index in [2.05, 4.69) is 30.6 Å². The maximum atomic E-state index is 12.7. The lowest BCUT2D eigenvalue weighted by Gasteiger charge is -2.30. The molecule has 33 heavy (non-hydrogen) atoms. The predicted molar refractivity (Wildman–Crippen MR) is 130 cm³/mol. The predicted octanol–water partition coefficient (Wildman–Crippen LogP) is 5.06. The average molecular weight is 486 g/mol. The van der Waals surface area contributed by atoms with Gasteiger partial charge in [-0.05, 0) is 56.7 Å². The zero-order valence-corrected chi connectivity index (χ0v) is 19.6. The van der Waals surface area contributed by atoms with E-state index in [0.717, 1.165) is 57.3 Å². The Morgan fingerprint density at radius 2 is 1.79 bits per heavy atom. The largest absolute Gasteiger partial charge is 0.351 e. The van der Waals surface area contributed by atoms with Gasteiger partial charge in [0.05, 0.1) is 16.2 Å². The third-order valence-corrected chi connectivity index (χ3v) is 7.13. The molecule has 172 valence electrons. The van der Waals surface area contributed by atoms with Gasteiger partial charge in [0, 0.05) is 30.7 Å². The maximum absolute atomic E-state index is 12.7. The summed E-state index contributed by atoms with van der Waals surface area (Å²) in [4.78, 5) is 32.5. The first-order valence-electron chi connectivity index (χ1n) is 11.3. The van der Waals surface area contributed by atoms with E-state index in [-0.39, 0.29) is 12.0 Å². The number of hydrogen-bond donors (Lipinski definition) is 2. The van der Waals surface area contributed by atoms with E-state index in [4.69, 9.17) is 23.2 Å². The maximum Gasteiger partial charge on any atom is 0.225 e. The van der Waals surface area contributed by atoms with E-state index in [0.29, 0.717) is 38.8 Å². The monoisotopic (exact) mass is 485 g/mol. The van der Waals surface area contributed by atoms with Crippen LogP contribution in [0.25, 0.3) is 11.0 Å². The summed E-state index contributed by atoms with van der Waals surface area (Å²) in [5.74, 6) is 1.57. The number of carbonyl (C=O) groups excluding carboxylic acids is 1. The van der Waals surface area contributed by atoms with Crippen molar-refractivity contribution in [3.05, 3.63) is 40.8 Å². The fourth-order valence-corrected chi connectivity index (χ4v) is 4.89. The summed E-state index contributed by atoms with van der Waals surface area (Å²) < 4.78 is 0. The van der Waals surface area contributed by atoms with Gasteiger partial charge in [0.15, 0.2) is 5.82 Å². The summed E-state index contributed by atoms with van der Waals surface area (Å²) in [6.45, 7) is 1.84. The summed E-state index contributed by atoms with van der Waals surface area (Å²) in [5, 5.41) is 7.62. The smallest absolute Gasteiger partial charge is 0.225 e. The lowest BCUT2D eigenvalue weighted by Crippen LogP contribution is -2.37. The first-order valence-corrected chi connectivity index (χ1v) is 12.1. The first kappa shape index (κ1) is 22.1. The second kappa shape index (κ2) is 9.65. The highest BCUT2D eigenvalue weighted by Gasteiger charge is 2.30. The number of halogens is 2. The van der Waals surface area contributed by atoms with Crippen LogP contribution >= 0.6 is 23.2 Å². The van der Waals surface area contributed by atoms with Crippen molar-refractivity contribution in [1.29, 1.82) is 0 Å². The van der Waals surface area contributed by atoms with Crippen LogP contribution in [0.1, 0.15) is 38.5 Å². The number of nitrogens with one attached hydrogen (secondary N) is 2. The van der Waals surface area contributed by atoms with Crippen LogP contribution in [0.4, 0.5) is 17.5 Å². The van der Waals surface area contributed by atoms with Crippen LogP contribution in [0.5, 0.6) is 0 Å². The molecule has 0 spiro atoms. The molecular formula is C23H25Cl2N7O. The molecule has 3 aromatic rings. The van der Waals surface area contributed by atoms with E-state index in [1.807, 2.05) is 11.0 Å². The van der Waals surface area contributed by atoms with Gasteiger partial charge < -0.3 is 15.5 Å². The number of likely N-dealkylation sites (tertiary alicyclic amines) is 1. The molecule has 1 saturated carbocycles. The fraction of sp³-hybridized carbons (Fsp3) is 0.435. The normalized spacial score (nSPS) is 20.7. The second-order valence-corrected chi connectivity index (χ2v) is 9.44. The zero-order valence-electron chi connectivity index (χ0n) is 18.1. The van der Waals surface area contributed by atoms with E-state index < -0.39 is 0 Å². The standard InChI is InChI=1S/C23H25Cl2N7O/c24-17-8-7-16(11-18(17)25)29-21-20-19(27-13-28-21)12-26-23(31-20)30-15-5-3-14(4-6-15)22(33)32-9-1-2-10-32/h7-8,11-15H,1-6,9-10H2,(H,26,30,31)(H,27,28,29). The van der Waals surface area contributed by atoms with Crippen molar-refractivity contribution in [2.75, 3.05) is 23.7 Å². The molecule has 1 saturated heterocycles. The van der Waals surface area contributed by atoms with Gasteiger partial charge in [-0.3, -0.25) is 4.79 Å². The minimum Gasteiger partial charge on any atom is -0.351 e. The van der Waals surface area contributed by atoms with Gasteiger partial charge in [0.25, 0.3) is 0 Å². The topological polar surface area (TPSA) is 95.9 Å². The van der Waals surface area contributed by atoms with Crippen molar-refractivity contribution in [3.63, 3.8) is 0 Å². The minimum absolute atomic E-state index is 0.147. The third kappa shape index (κ3) is 4.96. The van der Waals surface area contributed by atoms with Crippen molar-refractivity contribution >= 4 is 57.6 Å². The van der Waals surface area contributed by atoms with Gasteiger partial charge in [0.1, 0.15) is 17.4 Å². The summed E-state index contributed by atoms with van der Waals surface area (Å²) >= 11 is 12.2. The Morgan fingerprint density at radius 3 is 2.55 bits per heavy atom. The van der Waals surface area contributed by atoms with Gasteiger partial charge >= 0.3 is 0 Å². The van der Waals surface area contributed by atoms with Crippen LogP contribution in [0.2, 0.25) is 10.0 Å². The molecule has 10 heteroatoms. The highest BCUT2D eigenvalue weighted by atomic mass is 35.5. The Kier molecular flexibility index (Phi) is 6.46. The molecule has 1 aromatic carbocycles. The summed E-state index contributed by atoms with van der Waals surface area (Å²) in [6, 6.07) is 5.52. The third-order valence-electron chi connectivity index (χ3n) is 6.39. The van der Waals surface area contributed by atoms with Crippen LogP contribution in [0.3, 0.4) is 0 Å². The Bertz CT molecular complexity index is 1160. The van der Waals surface area contributed by atoms with Crippen LogP contribution in [0, 0.1) is 5.92 Å². The molecule has 2 aromatic heterocycles. The number of benzene rings is 1. The van der Waals surface area contributed by atoms with Gasteiger partial charge in [-0.1, -0.05) is 23.2 Å². The quantitative estimate of drug-likeness (QED) is 0.520. The molecule has 1 aliphatic carbocycles. The molecule has 2 fully saturated rings. The van der Waals surface area contributed by atoms with Crippen molar-refractivity contribution in [2.45, 2.75) is 44.6 Å². The Morgan fingerprint density at radius 1 is 1.00 bits per heavy atom. The highest BCUT2D eigenvalue weighted by molar-refractivity contribution is 6.42. The van der Waals surface area contributed by atoms with Gasteiger partial charge in [-0.25, -0.2) is 19.9 Å². The molecule has 5 rings (SSSR count). The molecule has 8 nitrogen and oxygen atoms in total. The van der Waals surface area contributed by atoms with Crippen LogP contribution in [0.15, 0.2) is 30.7 Å². The molecule has 1 amide bonds. The summed E-state index contributed by atoms with van der Waals surface area (Å²) in [6.07, 6.45) is 9.06.